The Bertz CT molecular complexity index is 969. The molecule has 1 unspecified atom stereocenters. The van der Waals surface area contributed by atoms with Crippen molar-refractivity contribution in [2.75, 3.05) is 41.4 Å². The van der Waals surface area contributed by atoms with Crippen LogP contribution < -0.4 is 9.47 Å². The van der Waals surface area contributed by atoms with Crippen molar-refractivity contribution in [2.24, 2.45) is 0 Å². The van der Waals surface area contributed by atoms with E-state index in [1.807, 2.05) is 49.3 Å². The number of amides is 1. The fourth-order valence-electron chi connectivity index (χ4n) is 3.54. The zero-order valence-corrected chi connectivity index (χ0v) is 17.6. The maximum absolute atomic E-state index is 13.0. The van der Waals surface area contributed by atoms with E-state index in [9.17, 15) is 14.7 Å². The topological polar surface area (TPSA) is 79.3 Å². The van der Waals surface area contributed by atoms with Gasteiger partial charge in [0, 0.05) is 18.7 Å². The summed E-state index contributed by atoms with van der Waals surface area (Å²) in [6.07, 6.45) is 0. The van der Waals surface area contributed by atoms with Crippen molar-refractivity contribution in [3.05, 3.63) is 65.2 Å². The average molecular weight is 410 g/mol. The van der Waals surface area contributed by atoms with E-state index < -0.39 is 17.7 Å². The lowest BCUT2D eigenvalue weighted by Crippen LogP contribution is -2.35. The smallest absolute Gasteiger partial charge is 0.295 e. The van der Waals surface area contributed by atoms with Gasteiger partial charge in [-0.15, -0.1) is 0 Å². The van der Waals surface area contributed by atoms with Gasteiger partial charge in [-0.2, -0.15) is 0 Å². The van der Waals surface area contributed by atoms with Crippen molar-refractivity contribution in [2.45, 2.75) is 6.04 Å². The van der Waals surface area contributed by atoms with Gasteiger partial charge in [0.1, 0.15) is 5.76 Å². The fourth-order valence-corrected chi connectivity index (χ4v) is 3.54. The van der Waals surface area contributed by atoms with Crippen LogP contribution in [0.4, 0.5) is 0 Å². The molecule has 0 aliphatic carbocycles. The number of likely N-dealkylation sites (N-methyl/N-ethyl adjacent to an activating group) is 1. The Hall–Kier alpha value is -3.32. The van der Waals surface area contributed by atoms with E-state index in [1.165, 1.54) is 19.1 Å². The molecule has 0 saturated carbocycles. The number of methoxy groups -OCH3 is 2. The number of nitrogens with zero attached hydrogens (tertiary/aromatic N) is 2. The SMILES string of the molecule is COc1ccc(/C(O)=C2/C(=O)C(=O)N(CCN(C)C)C2c2ccccc2)cc1OC. The Labute approximate surface area is 176 Å². The third-order valence-corrected chi connectivity index (χ3v) is 5.10. The molecule has 1 N–H and O–H groups in total. The normalized spacial score (nSPS) is 18.2. The highest BCUT2D eigenvalue weighted by Crippen LogP contribution is 2.40. The van der Waals surface area contributed by atoms with Crippen LogP contribution in [0, 0.1) is 0 Å². The molecule has 0 bridgehead atoms. The van der Waals surface area contributed by atoms with Crippen molar-refractivity contribution < 1.29 is 24.2 Å². The summed E-state index contributed by atoms with van der Waals surface area (Å²) in [5.41, 5.74) is 1.20. The van der Waals surface area contributed by atoms with Gasteiger partial charge in [0.15, 0.2) is 11.5 Å². The third-order valence-electron chi connectivity index (χ3n) is 5.10. The largest absolute Gasteiger partial charge is 0.507 e. The Kier molecular flexibility index (Phi) is 6.42. The summed E-state index contributed by atoms with van der Waals surface area (Å²) in [6, 6.07) is 13.4. The van der Waals surface area contributed by atoms with Gasteiger partial charge in [-0.3, -0.25) is 9.59 Å². The average Bonchev–Trinajstić information content (AvgIpc) is 3.01. The Morgan fingerprint density at radius 2 is 1.70 bits per heavy atom. The minimum atomic E-state index is -0.699. The summed E-state index contributed by atoms with van der Waals surface area (Å²) in [6.45, 7) is 0.951. The third kappa shape index (κ3) is 4.02. The molecule has 1 aliphatic rings. The predicted octanol–water partition coefficient (Wildman–Crippen LogP) is 2.69. The van der Waals surface area contributed by atoms with Crippen LogP contribution in [0.3, 0.4) is 0 Å². The first-order valence-electron chi connectivity index (χ1n) is 9.59. The van der Waals surface area contributed by atoms with E-state index in [-0.39, 0.29) is 11.3 Å². The standard InChI is InChI=1S/C23H26N2O5/c1-24(2)12-13-25-20(15-8-6-5-7-9-15)19(22(27)23(25)28)21(26)16-10-11-17(29-3)18(14-16)30-4/h5-11,14,20,26H,12-13H2,1-4H3/b21-19-. The second-order valence-corrected chi connectivity index (χ2v) is 7.28. The molecule has 1 aliphatic heterocycles. The number of carbonyl (C=O) groups excluding carboxylic acids is 2. The molecular weight excluding hydrogens is 384 g/mol. The van der Waals surface area contributed by atoms with Crippen molar-refractivity contribution in [3.8, 4) is 11.5 Å². The molecule has 30 heavy (non-hydrogen) atoms. The predicted molar refractivity (Wildman–Crippen MR) is 114 cm³/mol. The van der Waals surface area contributed by atoms with Crippen LogP contribution in [0.5, 0.6) is 11.5 Å². The van der Waals surface area contributed by atoms with Crippen LogP contribution in [-0.2, 0) is 9.59 Å². The van der Waals surface area contributed by atoms with Crippen molar-refractivity contribution >= 4 is 17.4 Å². The van der Waals surface area contributed by atoms with E-state index in [2.05, 4.69) is 0 Å². The van der Waals surface area contributed by atoms with Gasteiger partial charge in [0.25, 0.3) is 11.7 Å². The maximum atomic E-state index is 13.0. The molecule has 0 radical (unpaired) electrons. The summed E-state index contributed by atoms with van der Waals surface area (Å²) < 4.78 is 10.5. The summed E-state index contributed by atoms with van der Waals surface area (Å²) >= 11 is 0. The molecule has 0 aromatic heterocycles. The Morgan fingerprint density at radius 3 is 2.30 bits per heavy atom. The van der Waals surface area contributed by atoms with Crippen LogP contribution in [0.2, 0.25) is 0 Å². The first-order valence-corrected chi connectivity index (χ1v) is 9.59. The number of aliphatic hydroxyl groups is 1. The minimum Gasteiger partial charge on any atom is -0.507 e. The van der Waals surface area contributed by atoms with Crippen molar-refractivity contribution in [1.29, 1.82) is 0 Å². The summed E-state index contributed by atoms with van der Waals surface area (Å²) in [5.74, 6) is -0.641. The summed E-state index contributed by atoms with van der Waals surface area (Å²) in [5, 5.41) is 11.1. The lowest BCUT2D eigenvalue weighted by atomic mass is 9.95. The quantitative estimate of drug-likeness (QED) is 0.430. The zero-order valence-electron chi connectivity index (χ0n) is 17.6. The molecule has 3 rings (SSSR count). The number of rotatable bonds is 7. The molecule has 7 heteroatoms. The summed E-state index contributed by atoms with van der Waals surface area (Å²) in [4.78, 5) is 29.3. The lowest BCUT2D eigenvalue weighted by Gasteiger charge is -2.26. The second-order valence-electron chi connectivity index (χ2n) is 7.28. The van der Waals surface area contributed by atoms with Gasteiger partial charge < -0.3 is 24.4 Å². The highest BCUT2D eigenvalue weighted by molar-refractivity contribution is 6.46. The Balaban J connectivity index is 2.14. The number of aliphatic hydroxyl groups excluding tert-OH is 1. The van der Waals surface area contributed by atoms with Gasteiger partial charge in [0.05, 0.1) is 25.8 Å². The van der Waals surface area contributed by atoms with E-state index in [1.54, 1.807) is 18.2 Å². The number of ether oxygens (including phenoxy) is 2. The molecule has 1 atom stereocenters. The van der Waals surface area contributed by atoms with Gasteiger partial charge in [-0.05, 0) is 37.9 Å². The minimum absolute atomic E-state index is 0.0668. The van der Waals surface area contributed by atoms with Crippen molar-refractivity contribution in [3.63, 3.8) is 0 Å². The monoisotopic (exact) mass is 410 g/mol. The van der Waals surface area contributed by atoms with E-state index in [0.29, 0.717) is 30.2 Å². The van der Waals surface area contributed by atoms with Crippen LogP contribution in [-0.4, -0.2) is 68.0 Å². The van der Waals surface area contributed by atoms with E-state index >= 15 is 0 Å². The number of likely N-dealkylation sites (tertiary alicyclic amines) is 1. The molecule has 1 saturated heterocycles. The fraction of sp³-hybridized carbons (Fsp3) is 0.304. The zero-order chi connectivity index (χ0) is 21.8. The number of ketones is 1. The molecule has 158 valence electrons. The lowest BCUT2D eigenvalue weighted by molar-refractivity contribution is -0.140. The highest BCUT2D eigenvalue weighted by atomic mass is 16.5. The van der Waals surface area contributed by atoms with Crippen LogP contribution in [0.1, 0.15) is 17.2 Å². The number of benzene rings is 2. The molecule has 2 aromatic rings. The first-order chi connectivity index (χ1) is 14.4. The van der Waals surface area contributed by atoms with Gasteiger partial charge in [-0.25, -0.2) is 0 Å². The molecule has 2 aromatic carbocycles. The molecule has 1 heterocycles. The molecule has 1 amide bonds. The summed E-state index contributed by atoms with van der Waals surface area (Å²) in [7, 11) is 6.81. The second kappa shape index (κ2) is 9.00. The van der Waals surface area contributed by atoms with Gasteiger partial charge in [-0.1, -0.05) is 30.3 Å². The number of Topliss-reactive ketones (excluding diaryl/α,β-unsaturated/α-hetero) is 1. The van der Waals surface area contributed by atoms with Gasteiger partial charge in [0.2, 0.25) is 0 Å². The van der Waals surface area contributed by atoms with E-state index in [0.717, 1.165) is 5.56 Å². The van der Waals surface area contributed by atoms with Crippen LogP contribution in [0.15, 0.2) is 54.1 Å². The highest BCUT2D eigenvalue weighted by Gasteiger charge is 2.45. The number of carbonyl (C=O) groups is 2. The number of hydrogen-bond acceptors (Lipinski definition) is 6. The van der Waals surface area contributed by atoms with E-state index in [4.69, 9.17) is 9.47 Å². The van der Waals surface area contributed by atoms with Crippen LogP contribution >= 0.6 is 0 Å². The maximum Gasteiger partial charge on any atom is 0.295 e. The molecule has 7 nitrogen and oxygen atoms in total. The van der Waals surface area contributed by atoms with Crippen LogP contribution in [0.25, 0.3) is 5.76 Å². The molecular formula is C23H26N2O5. The Morgan fingerprint density at radius 1 is 1.03 bits per heavy atom. The first kappa shape index (κ1) is 21.4. The van der Waals surface area contributed by atoms with Crippen molar-refractivity contribution in [1.82, 2.24) is 9.80 Å². The van der Waals surface area contributed by atoms with Gasteiger partial charge >= 0.3 is 0 Å². The molecule has 1 fully saturated rings. The molecule has 0 spiro atoms. The number of hydrogen-bond donors (Lipinski definition) is 1.